The third-order valence-corrected chi connectivity index (χ3v) is 5.17. The van der Waals surface area contributed by atoms with Gasteiger partial charge in [-0.25, -0.2) is 4.79 Å². The number of carbonyl (C=O) groups is 2. The van der Waals surface area contributed by atoms with Gasteiger partial charge in [0.15, 0.2) is 0 Å². The minimum atomic E-state index is -0.320. The number of hydrogen-bond acceptors (Lipinski definition) is 3. The van der Waals surface area contributed by atoms with Crippen LogP contribution in [-0.2, 0) is 4.79 Å². The molecule has 0 spiro atoms. The molecule has 3 amide bonds. The van der Waals surface area contributed by atoms with Gasteiger partial charge in [-0.1, -0.05) is 24.3 Å². The topological polar surface area (TPSA) is 98.1 Å². The quantitative estimate of drug-likeness (QED) is 0.253. The van der Waals surface area contributed by atoms with Crippen molar-refractivity contribution in [3.63, 3.8) is 0 Å². The summed E-state index contributed by atoms with van der Waals surface area (Å²) < 4.78 is 0. The average Bonchev–Trinajstić information content (AvgIpc) is 3.43. The standard InChI is InChI=1S/C26H21N5O2/c32-25-23(15-18-10-5-13-27-18)22-16-21(11-12-24(22)31-25)28-19-8-4-9-20(14-19)30-26(33)29-17-6-2-1-3-7-17/h1-16,27-28H,(H,31,32)(H2,29,30,33). The van der Waals surface area contributed by atoms with E-state index in [-0.39, 0.29) is 11.9 Å². The van der Waals surface area contributed by atoms with Crippen molar-refractivity contribution >= 4 is 52.0 Å². The van der Waals surface area contributed by atoms with E-state index in [9.17, 15) is 9.59 Å². The Morgan fingerprint density at radius 1 is 0.758 bits per heavy atom. The Morgan fingerprint density at radius 3 is 2.33 bits per heavy atom. The number of fused-ring (bicyclic) bond motifs is 1. The summed E-state index contributed by atoms with van der Waals surface area (Å²) in [5.74, 6) is -0.132. The molecule has 5 N–H and O–H groups in total. The summed E-state index contributed by atoms with van der Waals surface area (Å²) in [7, 11) is 0. The molecule has 0 bridgehead atoms. The van der Waals surface area contributed by atoms with E-state index in [2.05, 4.69) is 26.3 Å². The summed E-state index contributed by atoms with van der Waals surface area (Å²) >= 11 is 0. The molecule has 2 heterocycles. The number of nitrogens with one attached hydrogen (secondary N) is 5. The Hall–Kier alpha value is -4.78. The molecule has 7 nitrogen and oxygen atoms in total. The SMILES string of the molecule is O=C(Nc1ccccc1)Nc1cccc(Nc2ccc3c(c2)C(=Cc2ccc[nH]2)C(=O)N3)c1. The van der Waals surface area contributed by atoms with Gasteiger partial charge in [0.2, 0.25) is 0 Å². The van der Waals surface area contributed by atoms with Crippen LogP contribution in [0.4, 0.5) is 33.2 Å². The Bertz CT molecular complexity index is 1340. The molecular weight excluding hydrogens is 414 g/mol. The van der Waals surface area contributed by atoms with Gasteiger partial charge in [0.05, 0.1) is 5.57 Å². The van der Waals surface area contributed by atoms with Crippen molar-refractivity contribution in [1.29, 1.82) is 0 Å². The van der Waals surface area contributed by atoms with Crippen molar-refractivity contribution < 1.29 is 9.59 Å². The molecule has 1 aromatic heterocycles. The lowest BCUT2D eigenvalue weighted by molar-refractivity contribution is -0.110. The second kappa shape index (κ2) is 8.76. The Morgan fingerprint density at radius 2 is 1.52 bits per heavy atom. The van der Waals surface area contributed by atoms with Gasteiger partial charge in [0, 0.05) is 45.9 Å². The molecule has 162 valence electrons. The number of hydrogen-bond donors (Lipinski definition) is 5. The maximum absolute atomic E-state index is 12.4. The Balaban J connectivity index is 1.32. The fraction of sp³-hybridized carbons (Fsp3) is 0. The average molecular weight is 435 g/mol. The van der Waals surface area contributed by atoms with Gasteiger partial charge in [-0.15, -0.1) is 0 Å². The number of anilines is 5. The number of carbonyl (C=O) groups excluding carboxylic acids is 2. The van der Waals surface area contributed by atoms with Gasteiger partial charge < -0.3 is 26.3 Å². The fourth-order valence-electron chi connectivity index (χ4n) is 3.65. The van der Waals surface area contributed by atoms with Gasteiger partial charge >= 0.3 is 6.03 Å². The summed E-state index contributed by atoms with van der Waals surface area (Å²) in [5, 5.41) is 11.9. The first-order valence-electron chi connectivity index (χ1n) is 10.4. The molecular formula is C26H21N5O2. The van der Waals surface area contributed by atoms with E-state index in [1.165, 1.54) is 0 Å². The van der Waals surface area contributed by atoms with Crippen molar-refractivity contribution in [3.8, 4) is 0 Å². The summed E-state index contributed by atoms with van der Waals surface area (Å²) in [6.45, 7) is 0. The van der Waals surface area contributed by atoms with Crippen LogP contribution >= 0.6 is 0 Å². The minimum absolute atomic E-state index is 0.132. The molecule has 0 atom stereocenters. The first-order valence-corrected chi connectivity index (χ1v) is 10.4. The Kier molecular flexibility index (Phi) is 5.35. The highest BCUT2D eigenvalue weighted by molar-refractivity contribution is 6.35. The normalized spacial score (nSPS) is 13.3. The molecule has 7 heteroatoms. The van der Waals surface area contributed by atoms with Crippen LogP contribution in [0.3, 0.4) is 0 Å². The highest BCUT2D eigenvalue weighted by Crippen LogP contribution is 2.35. The molecule has 0 radical (unpaired) electrons. The number of rotatable bonds is 5. The molecule has 33 heavy (non-hydrogen) atoms. The highest BCUT2D eigenvalue weighted by atomic mass is 16.2. The predicted molar refractivity (Wildman–Crippen MR) is 133 cm³/mol. The number of aromatic nitrogens is 1. The van der Waals surface area contributed by atoms with Crippen LogP contribution in [0, 0.1) is 0 Å². The number of amides is 3. The van der Waals surface area contributed by atoms with Gasteiger partial charge in [-0.2, -0.15) is 0 Å². The van der Waals surface area contributed by atoms with E-state index in [4.69, 9.17) is 0 Å². The lowest BCUT2D eigenvalue weighted by atomic mass is 10.1. The third kappa shape index (κ3) is 4.62. The third-order valence-electron chi connectivity index (χ3n) is 5.17. The van der Waals surface area contributed by atoms with Crippen molar-refractivity contribution in [3.05, 3.63) is 102 Å². The summed E-state index contributed by atoms with van der Waals surface area (Å²) in [6.07, 6.45) is 3.65. The van der Waals surface area contributed by atoms with Gasteiger partial charge in [0.1, 0.15) is 0 Å². The van der Waals surface area contributed by atoms with Crippen LogP contribution in [0.5, 0.6) is 0 Å². The predicted octanol–water partition coefficient (Wildman–Crippen LogP) is 5.90. The van der Waals surface area contributed by atoms with Crippen molar-refractivity contribution in [2.75, 3.05) is 21.3 Å². The highest BCUT2D eigenvalue weighted by Gasteiger charge is 2.24. The van der Waals surface area contributed by atoms with Crippen LogP contribution in [0.25, 0.3) is 11.6 Å². The summed E-state index contributed by atoms with van der Waals surface area (Å²) in [4.78, 5) is 27.8. The van der Waals surface area contributed by atoms with Crippen LogP contribution in [0.15, 0.2) is 91.1 Å². The van der Waals surface area contributed by atoms with Crippen LogP contribution in [0.1, 0.15) is 11.3 Å². The van der Waals surface area contributed by atoms with Crippen LogP contribution in [-0.4, -0.2) is 16.9 Å². The number of para-hydroxylation sites is 1. The second-order valence-corrected chi connectivity index (χ2v) is 7.55. The van der Waals surface area contributed by atoms with Crippen molar-refractivity contribution in [1.82, 2.24) is 4.98 Å². The molecule has 0 saturated heterocycles. The lowest BCUT2D eigenvalue weighted by Gasteiger charge is -2.11. The van der Waals surface area contributed by atoms with E-state index in [1.807, 2.05) is 97.2 Å². The van der Waals surface area contributed by atoms with Crippen LogP contribution in [0.2, 0.25) is 0 Å². The molecule has 4 aromatic rings. The monoisotopic (exact) mass is 435 g/mol. The first kappa shape index (κ1) is 20.1. The number of aromatic amines is 1. The van der Waals surface area contributed by atoms with E-state index in [0.29, 0.717) is 16.9 Å². The zero-order valence-corrected chi connectivity index (χ0v) is 17.6. The fourth-order valence-corrected chi connectivity index (χ4v) is 3.65. The van der Waals surface area contributed by atoms with Gasteiger partial charge in [-0.05, 0) is 66.7 Å². The lowest BCUT2D eigenvalue weighted by Crippen LogP contribution is -2.19. The summed E-state index contributed by atoms with van der Waals surface area (Å²) in [5.41, 5.74) is 6.07. The zero-order valence-electron chi connectivity index (χ0n) is 17.6. The maximum atomic E-state index is 12.4. The van der Waals surface area contributed by atoms with Crippen LogP contribution < -0.4 is 21.3 Å². The van der Waals surface area contributed by atoms with E-state index >= 15 is 0 Å². The maximum Gasteiger partial charge on any atom is 0.323 e. The summed E-state index contributed by atoms with van der Waals surface area (Å²) in [6, 6.07) is 25.9. The minimum Gasteiger partial charge on any atom is -0.362 e. The van der Waals surface area contributed by atoms with E-state index < -0.39 is 0 Å². The first-order chi connectivity index (χ1) is 16.1. The molecule has 1 aliphatic rings. The Labute approximate surface area is 190 Å². The largest absolute Gasteiger partial charge is 0.362 e. The molecule has 3 aromatic carbocycles. The van der Waals surface area contributed by atoms with E-state index in [1.54, 1.807) is 0 Å². The number of H-pyrrole nitrogens is 1. The molecule has 1 aliphatic heterocycles. The van der Waals surface area contributed by atoms with Crippen molar-refractivity contribution in [2.24, 2.45) is 0 Å². The second-order valence-electron chi connectivity index (χ2n) is 7.55. The van der Waals surface area contributed by atoms with Gasteiger partial charge in [0.25, 0.3) is 5.91 Å². The molecule has 0 aliphatic carbocycles. The molecule has 0 fully saturated rings. The van der Waals surface area contributed by atoms with Crippen molar-refractivity contribution in [2.45, 2.75) is 0 Å². The molecule has 5 rings (SSSR count). The number of urea groups is 1. The zero-order chi connectivity index (χ0) is 22.6. The molecule has 0 saturated carbocycles. The smallest absolute Gasteiger partial charge is 0.323 e. The molecule has 0 unspecified atom stereocenters. The van der Waals surface area contributed by atoms with Gasteiger partial charge in [-0.3, -0.25) is 4.79 Å². The number of benzene rings is 3. The van der Waals surface area contributed by atoms with E-state index in [0.717, 1.165) is 28.3 Å².